The number of nitro groups is 1. The molecule has 0 aliphatic carbocycles. The van der Waals surface area contributed by atoms with Crippen molar-refractivity contribution in [2.45, 2.75) is 4.90 Å². The van der Waals surface area contributed by atoms with Crippen molar-refractivity contribution in [2.75, 3.05) is 17.8 Å². The third kappa shape index (κ3) is 4.87. The second-order valence-electron chi connectivity index (χ2n) is 3.72. The maximum absolute atomic E-state index is 11.0. The first-order valence-corrected chi connectivity index (χ1v) is 8.07. The van der Waals surface area contributed by atoms with Crippen LogP contribution in [-0.4, -0.2) is 42.2 Å². The Morgan fingerprint density at radius 2 is 2.11 bits per heavy atom. The Morgan fingerprint density at radius 1 is 1.47 bits per heavy atom. The second-order valence-corrected chi connectivity index (χ2v) is 7.12. The molecule has 7 nitrogen and oxygen atoms in total. The van der Waals surface area contributed by atoms with Gasteiger partial charge in [0.05, 0.1) is 16.2 Å². The standard InChI is InChI=1S/C10H11NO6S2/c1-19(16,17)5-4-18-9-6-7(11(14)15)2-3-8(9)10(12)13/h2-3,6H,4-5H2,1H3,(H,12,13). The number of hydrogen-bond acceptors (Lipinski definition) is 6. The van der Waals surface area contributed by atoms with Gasteiger partial charge in [-0.25, -0.2) is 13.2 Å². The highest BCUT2D eigenvalue weighted by Crippen LogP contribution is 2.27. The zero-order valence-electron chi connectivity index (χ0n) is 9.90. The van der Waals surface area contributed by atoms with Gasteiger partial charge >= 0.3 is 5.97 Å². The number of sulfone groups is 1. The minimum absolute atomic E-state index is 0.0795. The zero-order valence-corrected chi connectivity index (χ0v) is 11.5. The van der Waals surface area contributed by atoms with E-state index >= 15 is 0 Å². The van der Waals surface area contributed by atoms with E-state index in [1.165, 1.54) is 0 Å². The fourth-order valence-electron chi connectivity index (χ4n) is 1.22. The lowest BCUT2D eigenvalue weighted by molar-refractivity contribution is -0.385. The molecule has 1 N–H and O–H groups in total. The van der Waals surface area contributed by atoms with Crippen molar-refractivity contribution < 1.29 is 23.2 Å². The Labute approximate surface area is 113 Å². The first kappa shape index (κ1) is 15.4. The summed E-state index contributed by atoms with van der Waals surface area (Å²) in [4.78, 5) is 21.1. The quantitative estimate of drug-likeness (QED) is 0.480. The van der Waals surface area contributed by atoms with E-state index in [2.05, 4.69) is 0 Å². The van der Waals surface area contributed by atoms with Crippen LogP contribution in [0.1, 0.15) is 10.4 Å². The second kappa shape index (κ2) is 6.02. The van der Waals surface area contributed by atoms with E-state index in [0.717, 1.165) is 36.2 Å². The topological polar surface area (TPSA) is 115 Å². The number of carbonyl (C=O) groups is 1. The van der Waals surface area contributed by atoms with E-state index in [9.17, 15) is 23.3 Å². The number of nitro benzene ring substituents is 1. The molecule has 9 heteroatoms. The fraction of sp³-hybridized carbons (Fsp3) is 0.300. The molecule has 104 valence electrons. The number of aromatic carboxylic acids is 1. The lowest BCUT2D eigenvalue weighted by atomic mass is 10.2. The highest BCUT2D eigenvalue weighted by atomic mass is 32.2. The van der Waals surface area contributed by atoms with Gasteiger partial charge in [-0.3, -0.25) is 10.1 Å². The molecule has 0 saturated carbocycles. The molecule has 19 heavy (non-hydrogen) atoms. The van der Waals surface area contributed by atoms with Crippen molar-refractivity contribution >= 4 is 33.3 Å². The summed E-state index contributed by atoms with van der Waals surface area (Å²) in [6.45, 7) is 0. The third-order valence-electron chi connectivity index (χ3n) is 2.12. The van der Waals surface area contributed by atoms with E-state index in [1.54, 1.807) is 0 Å². The van der Waals surface area contributed by atoms with Crippen molar-refractivity contribution in [1.82, 2.24) is 0 Å². The van der Waals surface area contributed by atoms with Gasteiger partial charge in [0.25, 0.3) is 5.69 Å². The number of non-ortho nitro benzene ring substituents is 1. The summed E-state index contributed by atoms with van der Waals surface area (Å²) < 4.78 is 22.0. The first-order valence-electron chi connectivity index (χ1n) is 5.03. The van der Waals surface area contributed by atoms with Gasteiger partial charge < -0.3 is 5.11 Å². The van der Waals surface area contributed by atoms with E-state index in [-0.39, 0.29) is 27.7 Å². The van der Waals surface area contributed by atoms with Crippen LogP contribution >= 0.6 is 11.8 Å². The summed E-state index contributed by atoms with van der Waals surface area (Å²) in [5.41, 5.74) is -0.309. The highest BCUT2D eigenvalue weighted by Gasteiger charge is 2.16. The lowest BCUT2D eigenvalue weighted by Gasteiger charge is -2.05. The van der Waals surface area contributed by atoms with Gasteiger partial charge in [-0.05, 0) is 6.07 Å². The van der Waals surface area contributed by atoms with Gasteiger partial charge in [0, 0.05) is 29.0 Å². The molecule has 0 aromatic heterocycles. The predicted octanol–water partition coefficient (Wildman–Crippen LogP) is 1.43. The largest absolute Gasteiger partial charge is 0.478 e. The minimum Gasteiger partial charge on any atom is -0.478 e. The van der Waals surface area contributed by atoms with Gasteiger partial charge in [-0.15, -0.1) is 11.8 Å². The molecule has 0 radical (unpaired) electrons. The van der Waals surface area contributed by atoms with Crippen LogP contribution in [-0.2, 0) is 9.84 Å². The minimum atomic E-state index is -3.16. The van der Waals surface area contributed by atoms with E-state index in [4.69, 9.17) is 5.11 Å². The predicted molar refractivity (Wildman–Crippen MR) is 70.5 cm³/mol. The van der Waals surface area contributed by atoms with E-state index in [0.29, 0.717) is 0 Å². The van der Waals surface area contributed by atoms with Gasteiger partial charge in [0.2, 0.25) is 0 Å². The summed E-state index contributed by atoms with van der Waals surface area (Å²) in [5.74, 6) is -1.20. The highest BCUT2D eigenvalue weighted by molar-refractivity contribution is 8.00. The summed E-state index contributed by atoms with van der Waals surface area (Å²) in [7, 11) is -3.16. The Bertz CT molecular complexity index is 610. The Balaban J connectivity index is 2.98. The van der Waals surface area contributed by atoms with Gasteiger partial charge in [-0.1, -0.05) is 0 Å². The molecule has 0 unspecified atom stereocenters. The molecule has 0 bridgehead atoms. The average Bonchev–Trinajstić information content (AvgIpc) is 2.26. The molecule has 0 spiro atoms. The maximum Gasteiger partial charge on any atom is 0.336 e. The van der Waals surface area contributed by atoms with Crippen molar-refractivity contribution in [3.63, 3.8) is 0 Å². The van der Waals surface area contributed by atoms with Crippen LogP contribution in [0.2, 0.25) is 0 Å². The maximum atomic E-state index is 11.0. The smallest absolute Gasteiger partial charge is 0.336 e. The molecule has 0 amide bonds. The van der Waals surface area contributed by atoms with E-state index < -0.39 is 20.7 Å². The molecule has 0 fully saturated rings. The van der Waals surface area contributed by atoms with Gasteiger partial charge in [0.15, 0.2) is 0 Å². The lowest BCUT2D eigenvalue weighted by Crippen LogP contribution is -2.06. The summed E-state index contributed by atoms with van der Waals surface area (Å²) in [6, 6.07) is 3.38. The normalized spacial score (nSPS) is 11.2. The van der Waals surface area contributed by atoms with Crippen LogP contribution in [0.4, 0.5) is 5.69 Å². The molecular formula is C10H11NO6S2. The molecule has 1 aromatic carbocycles. The van der Waals surface area contributed by atoms with Gasteiger partial charge in [0.1, 0.15) is 9.84 Å². The summed E-state index contributed by atoms with van der Waals surface area (Å²) in [5, 5.41) is 19.6. The number of thioether (sulfide) groups is 1. The van der Waals surface area contributed by atoms with Crippen LogP contribution < -0.4 is 0 Å². The van der Waals surface area contributed by atoms with E-state index in [1.807, 2.05) is 0 Å². The Morgan fingerprint density at radius 3 is 2.58 bits per heavy atom. The molecule has 0 aliphatic rings. The van der Waals surface area contributed by atoms with Gasteiger partial charge in [-0.2, -0.15) is 0 Å². The third-order valence-corrected chi connectivity index (χ3v) is 4.38. The zero-order chi connectivity index (χ0) is 14.6. The number of benzene rings is 1. The molecule has 0 saturated heterocycles. The van der Waals surface area contributed by atoms with Crippen LogP contribution in [0.25, 0.3) is 0 Å². The van der Waals surface area contributed by atoms with Crippen molar-refractivity contribution in [3.8, 4) is 0 Å². The number of carboxylic acid groups (broad SMARTS) is 1. The SMILES string of the molecule is CS(=O)(=O)CCSc1cc([N+](=O)[O-])ccc1C(=O)O. The van der Waals surface area contributed by atoms with Crippen molar-refractivity contribution in [2.24, 2.45) is 0 Å². The van der Waals surface area contributed by atoms with Crippen molar-refractivity contribution in [1.29, 1.82) is 0 Å². The first-order chi connectivity index (χ1) is 8.70. The number of rotatable bonds is 6. The molecular weight excluding hydrogens is 294 g/mol. The molecule has 1 rings (SSSR count). The summed E-state index contributed by atoms with van der Waals surface area (Å²) >= 11 is 0.969. The van der Waals surface area contributed by atoms with Crippen LogP contribution in [0, 0.1) is 10.1 Å². The number of hydrogen-bond donors (Lipinski definition) is 1. The Hall–Kier alpha value is -1.61. The number of carboxylic acids is 1. The summed E-state index contributed by atoms with van der Waals surface area (Å²) in [6.07, 6.45) is 1.07. The van der Waals surface area contributed by atoms with Crippen LogP contribution in [0.15, 0.2) is 23.1 Å². The van der Waals surface area contributed by atoms with Crippen LogP contribution in [0.5, 0.6) is 0 Å². The monoisotopic (exact) mass is 305 g/mol. The molecule has 0 atom stereocenters. The van der Waals surface area contributed by atoms with Crippen molar-refractivity contribution in [3.05, 3.63) is 33.9 Å². The number of nitrogens with zero attached hydrogens (tertiary/aromatic N) is 1. The Kier molecular flexibility index (Phi) is 4.90. The average molecular weight is 305 g/mol. The molecule has 0 aliphatic heterocycles. The van der Waals surface area contributed by atoms with Crippen LogP contribution in [0.3, 0.4) is 0 Å². The molecule has 0 heterocycles. The fourth-order valence-corrected chi connectivity index (χ4v) is 3.50. The molecule has 1 aromatic rings.